The minimum Gasteiger partial charge on any atom is -0.478 e. The standard InChI is InChI=1S/C26H37N3O4.C26H30N2O2.C19H23NO3/c1-27-25(31)9-6-20(16-30)28(2)26(32)19-5-8-24-22(15-19)21-14-18(4-7-23(21)29(24)3)17-10-12-33-13-11-17;1-27-24(18-19-25(29)28-2)20-30-26(21-12-6-3-7-13-21,22-14-8-4-9-15-22)23-16-10-5-11-17-23;1-20-17-4-2-13(12-6-8-23-9-7-12)10-15(17)16-11-14(19(21)22)3-5-18(16)20/h5,8,15,17-18,20,30H,4,6-7,9-14,16H2,1-3H3,(H,27,31);3-17,24,27H,18-20H2,1-2H3,(H,28,29);3,5,11-13H,2,4,6-10H2,1H3,(H,21,22)/t18-,20+;24-;13-/m101/s1. The molecule has 0 bridgehead atoms. The monoisotopic (exact) mass is 1170 g/mol. The van der Waals surface area contributed by atoms with Gasteiger partial charge in [0.1, 0.15) is 5.60 Å². The highest BCUT2D eigenvalue weighted by Crippen LogP contribution is 2.43. The van der Waals surface area contributed by atoms with Gasteiger partial charge in [0.2, 0.25) is 11.8 Å². The number of hydrogen-bond acceptors (Lipinski definition) is 9. The maximum atomic E-state index is 13.3. The first-order valence-corrected chi connectivity index (χ1v) is 31.2. The lowest BCUT2D eigenvalue weighted by Crippen LogP contribution is -2.40. The van der Waals surface area contributed by atoms with Crippen LogP contribution in [0.1, 0.15) is 124 Å². The summed E-state index contributed by atoms with van der Waals surface area (Å²) in [4.78, 5) is 49.5. The van der Waals surface area contributed by atoms with Gasteiger partial charge in [0.05, 0.1) is 24.8 Å². The van der Waals surface area contributed by atoms with E-state index in [2.05, 4.69) is 81.6 Å². The number of aryl methyl sites for hydroxylation is 2. The van der Waals surface area contributed by atoms with Crippen LogP contribution in [-0.2, 0) is 69.2 Å². The molecule has 5 aromatic carbocycles. The molecule has 2 aliphatic carbocycles. The summed E-state index contributed by atoms with van der Waals surface area (Å²) in [5.41, 5.74) is 11.4. The highest BCUT2D eigenvalue weighted by atomic mass is 16.5. The summed E-state index contributed by atoms with van der Waals surface area (Å²) in [6, 6.07) is 42.1. The van der Waals surface area contributed by atoms with E-state index in [-0.39, 0.29) is 36.8 Å². The van der Waals surface area contributed by atoms with E-state index in [1.54, 1.807) is 32.1 Å². The molecule has 15 nitrogen and oxygen atoms in total. The van der Waals surface area contributed by atoms with E-state index in [1.165, 1.54) is 59.1 Å². The van der Waals surface area contributed by atoms with Gasteiger partial charge < -0.3 is 54.4 Å². The topological polar surface area (TPSA) is 186 Å². The summed E-state index contributed by atoms with van der Waals surface area (Å²) in [6.45, 7) is 3.83. The first-order valence-electron chi connectivity index (χ1n) is 31.2. The maximum absolute atomic E-state index is 13.3. The molecule has 4 atom stereocenters. The van der Waals surface area contributed by atoms with Crippen molar-refractivity contribution in [1.29, 1.82) is 0 Å². The molecule has 0 spiro atoms. The average Bonchev–Trinajstić information content (AvgIpc) is 1.59. The molecule has 15 heteroatoms. The highest BCUT2D eigenvalue weighted by molar-refractivity contribution is 5.99. The van der Waals surface area contributed by atoms with Crippen molar-refractivity contribution in [2.24, 2.45) is 37.8 Å². The molecule has 458 valence electrons. The number of aliphatic hydroxyl groups excluding tert-OH is 1. The van der Waals surface area contributed by atoms with Crippen LogP contribution in [0.5, 0.6) is 0 Å². The number of carbonyl (C=O) groups excluding carboxylic acids is 3. The number of amides is 3. The molecule has 2 aliphatic heterocycles. The van der Waals surface area contributed by atoms with Gasteiger partial charge in [-0.1, -0.05) is 91.0 Å². The predicted molar refractivity (Wildman–Crippen MR) is 338 cm³/mol. The second-order valence-corrected chi connectivity index (χ2v) is 23.9. The number of carbonyl (C=O) groups is 4. The van der Waals surface area contributed by atoms with Crippen molar-refractivity contribution in [3.05, 3.63) is 178 Å². The SMILES string of the molecule is CNC(=O)CC[C@@H](CO)N(C)C(=O)c1ccc2c(c1)c1c(n2C)CC[C@@H](C2CCOCC2)C1.CNC(=O)CC[C@@H](COC(c1ccccc1)(c1ccccc1)c1ccccc1)NC.Cn1c2c(c3cc(C(=O)O)ccc31)C[C@H](C1CCOCC1)CC2. The Kier molecular flexibility index (Phi) is 22.1. The number of nitrogens with zero attached hydrogens (tertiary/aromatic N) is 3. The van der Waals surface area contributed by atoms with Gasteiger partial charge >= 0.3 is 5.97 Å². The van der Waals surface area contributed by atoms with Crippen LogP contribution in [-0.4, -0.2) is 128 Å². The Labute approximate surface area is 507 Å². The lowest BCUT2D eigenvalue weighted by atomic mass is 9.75. The largest absolute Gasteiger partial charge is 0.478 e. The molecule has 11 rings (SSSR count). The fraction of sp³-hybridized carbons (Fsp3) is 0.465. The van der Waals surface area contributed by atoms with Gasteiger partial charge in [-0.25, -0.2) is 4.79 Å². The normalized spacial score (nSPS) is 17.8. The van der Waals surface area contributed by atoms with Crippen LogP contribution in [0, 0.1) is 23.7 Å². The summed E-state index contributed by atoms with van der Waals surface area (Å²) in [5.74, 6) is 1.85. The molecule has 4 aliphatic rings. The van der Waals surface area contributed by atoms with E-state index >= 15 is 0 Å². The van der Waals surface area contributed by atoms with Crippen LogP contribution in [0.4, 0.5) is 0 Å². The molecule has 0 saturated carbocycles. The van der Waals surface area contributed by atoms with Crippen molar-refractivity contribution in [2.75, 3.05) is 67.8 Å². The third-order valence-electron chi connectivity index (χ3n) is 19.2. The Balaban J connectivity index is 0.000000156. The van der Waals surface area contributed by atoms with Gasteiger partial charge in [-0.3, -0.25) is 14.4 Å². The van der Waals surface area contributed by atoms with Gasteiger partial charge in [0.25, 0.3) is 5.91 Å². The Morgan fingerprint density at radius 3 is 1.45 bits per heavy atom. The van der Waals surface area contributed by atoms with Gasteiger partial charge in [0.15, 0.2) is 0 Å². The van der Waals surface area contributed by atoms with Crippen LogP contribution in [0.25, 0.3) is 21.8 Å². The zero-order valence-corrected chi connectivity index (χ0v) is 51.3. The molecule has 2 aromatic heterocycles. The quantitative estimate of drug-likeness (QED) is 0.0488. The molecule has 7 aromatic rings. The van der Waals surface area contributed by atoms with Crippen LogP contribution in [0.15, 0.2) is 127 Å². The Morgan fingerprint density at radius 1 is 0.605 bits per heavy atom. The molecule has 86 heavy (non-hydrogen) atoms. The highest BCUT2D eigenvalue weighted by Gasteiger charge is 2.39. The summed E-state index contributed by atoms with van der Waals surface area (Å²) in [7, 11) is 11.1. The third kappa shape index (κ3) is 14.5. The molecular formula is C71H90N6O9. The van der Waals surface area contributed by atoms with E-state index < -0.39 is 17.6 Å². The van der Waals surface area contributed by atoms with Gasteiger partial charge in [-0.05, 0) is 172 Å². The van der Waals surface area contributed by atoms with Crippen molar-refractivity contribution >= 4 is 45.5 Å². The van der Waals surface area contributed by atoms with Crippen LogP contribution in [0.2, 0.25) is 0 Å². The number of benzene rings is 5. The van der Waals surface area contributed by atoms with E-state index in [0.717, 1.165) is 104 Å². The van der Waals surface area contributed by atoms with E-state index in [4.69, 9.17) is 14.2 Å². The minimum atomic E-state index is -0.846. The number of aromatic carboxylic acids is 1. The molecular weight excluding hydrogens is 1080 g/mol. The molecule has 5 N–H and O–H groups in total. The Bertz CT molecular complexity index is 3270. The molecule has 0 unspecified atom stereocenters. The number of ether oxygens (including phenoxy) is 3. The zero-order chi connectivity index (χ0) is 60.7. The van der Waals surface area contributed by atoms with Crippen LogP contribution in [0.3, 0.4) is 0 Å². The summed E-state index contributed by atoms with van der Waals surface area (Å²) in [6.07, 6.45) is 13.3. The van der Waals surface area contributed by atoms with Crippen LogP contribution >= 0.6 is 0 Å². The van der Waals surface area contributed by atoms with Gasteiger partial charge in [0, 0.05) is 119 Å². The average molecular weight is 1170 g/mol. The maximum Gasteiger partial charge on any atom is 0.335 e. The van der Waals surface area contributed by atoms with Crippen molar-refractivity contribution in [1.82, 2.24) is 30.0 Å². The lowest BCUT2D eigenvalue weighted by Gasteiger charge is -2.37. The second kappa shape index (κ2) is 30.0. The zero-order valence-electron chi connectivity index (χ0n) is 51.3. The summed E-state index contributed by atoms with van der Waals surface area (Å²) < 4.78 is 22.5. The summed E-state index contributed by atoms with van der Waals surface area (Å²) >= 11 is 0. The first-order chi connectivity index (χ1) is 41.8. The smallest absolute Gasteiger partial charge is 0.335 e. The fourth-order valence-corrected chi connectivity index (χ4v) is 14.0. The van der Waals surface area contributed by atoms with Crippen LogP contribution < -0.4 is 16.0 Å². The second-order valence-electron chi connectivity index (χ2n) is 23.9. The molecule has 2 fully saturated rings. The number of carboxylic acids is 1. The molecule has 4 heterocycles. The lowest BCUT2D eigenvalue weighted by molar-refractivity contribution is -0.121. The third-order valence-corrected chi connectivity index (χ3v) is 19.2. The number of nitrogens with one attached hydrogen (secondary N) is 3. The van der Waals surface area contributed by atoms with E-state index in [1.807, 2.05) is 85.9 Å². The predicted octanol–water partition coefficient (Wildman–Crippen LogP) is 10.2. The van der Waals surface area contributed by atoms with E-state index in [0.29, 0.717) is 48.8 Å². The minimum absolute atomic E-state index is 0.0377. The number of rotatable bonds is 19. The molecule has 2 saturated heterocycles. The van der Waals surface area contributed by atoms with Crippen molar-refractivity contribution in [3.63, 3.8) is 0 Å². The van der Waals surface area contributed by atoms with Crippen molar-refractivity contribution < 1.29 is 43.6 Å². The summed E-state index contributed by atoms with van der Waals surface area (Å²) in [5, 5.41) is 30.0. The number of likely N-dealkylation sites (N-methyl/N-ethyl adjacent to an activating group) is 2. The number of aliphatic hydroxyl groups is 1. The molecule has 3 amide bonds. The Hall–Kier alpha value is -7.14. The van der Waals surface area contributed by atoms with Crippen molar-refractivity contribution in [2.45, 2.75) is 108 Å². The Morgan fingerprint density at radius 2 is 1.03 bits per heavy atom. The number of aromatic nitrogens is 2. The van der Waals surface area contributed by atoms with Crippen molar-refractivity contribution in [3.8, 4) is 0 Å². The van der Waals surface area contributed by atoms with E-state index in [9.17, 15) is 29.4 Å². The van der Waals surface area contributed by atoms with Gasteiger partial charge in [-0.15, -0.1) is 0 Å². The fourth-order valence-electron chi connectivity index (χ4n) is 14.0. The van der Waals surface area contributed by atoms with Gasteiger partial charge in [-0.2, -0.15) is 0 Å². The number of fused-ring (bicyclic) bond motifs is 6. The number of hydrogen-bond donors (Lipinski definition) is 5. The number of carboxylic acid groups (broad SMARTS) is 1. The first kappa shape index (κ1) is 63.4. The molecule has 0 radical (unpaired) electrons.